The van der Waals surface area contributed by atoms with Crippen LogP contribution in [0.1, 0.15) is 129 Å². The van der Waals surface area contributed by atoms with E-state index in [1.807, 2.05) is 226 Å². The number of halogens is 1. The lowest BCUT2D eigenvalue weighted by atomic mass is 10.1. The highest BCUT2D eigenvalue weighted by molar-refractivity contribution is 9.10. The summed E-state index contributed by atoms with van der Waals surface area (Å²) in [6.45, 7) is 17.6. The standard InChI is InChI=1S/C22H21N3O4.C20H24N2O2.C16H17N3O.C16H19N3.C16H16N2O2.C14H19BrN2O2/c26-19-14-24(13-18(20(19)27)22(28)29)12-16-8-5-11-25(16)21-17(9-4-10-23-21)15-6-2-1-3-7-15;1-20(2,3)24-19(23)17-12-8-14-22(17)18-16(11-7-13-21-18)15-9-5-4-6-10-15;17-15(20)14-9-5-11-19(14)16-13(8-4-10-18-16)12-6-2-1-3-7-12;17-12-14-8-5-11-19(14)16-15(9-4-10-18-16)13-6-2-1-3-7-13;19-16(20)14-9-5-11-18(14)15-13(8-4-10-17-15)12-6-2-1-3-7-12;1-14(2,3)19-13(18)11-7-5-9-17(11)12-10(15)6-4-8-16-12/h1-4,6-7,9-10,13-14,16,26H,5,8,11-12H2,(H,28,29);4-7,9-11,13,17H,8,12,14H2,1-3H3;1-4,6-8,10,14H,5,9,11H2,(H2,17,20);1-4,6-7,9-10,14H,5,8,11-12,17H2;1-4,6-8,10,14H,5,9,11H2,(H,19,20);4,6,8,11H,5,7,9H2,1-3H3/t16-;17-;3*14-;11-/m000000/s1. The van der Waals surface area contributed by atoms with Crippen molar-refractivity contribution in [2.75, 3.05) is 75.2 Å². The van der Waals surface area contributed by atoms with Gasteiger partial charge in [0.1, 0.15) is 75.8 Å². The summed E-state index contributed by atoms with van der Waals surface area (Å²) >= 11 is 3.49. The number of aliphatic carboxylic acids is 1. The third-order valence-corrected chi connectivity index (χ3v) is 24.1. The average molecular weight is 1830 g/mol. The smallest absolute Gasteiger partial charge is 0.341 e. The number of ether oxygens (including phenoxy) is 2. The zero-order chi connectivity index (χ0) is 92.6. The molecule has 6 aliphatic rings. The Labute approximate surface area is 774 Å². The zero-order valence-corrected chi connectivity index (χ0v) is 76.6. The molecule has 7 aromatic heterocycles. The van der Waals surface area contributed by atoms with Gasteiger partial charge in [0.25, 0.3) is 0 Å². The molecule has 27 heteroatoms. The number of hydrogen-bond donors (Lipinski definition) is 5. The second-order valence-corrected chi connectivity index (χ2v) is 35.7. The minimum Gasteiger partial charge on any atom is -0.503 e. The number of primary amides is 1. The van der Waals surface area contributed by atoms with Gasteiger partial charge in [-0.1, -0.05) is 152 Å². The molecule has 26 nitrogen and oxygen atoms in total. The van der Waals surface area contributed by atoms with Crippen molar-refractivity contribution in [1.29, 1.82) is 0 Å². The molecule has 0 spiro atoms. The van der Waals surface area contributed by atoms with Crippen molar-refractivity contribution in [3.8, 4) is 61.4 Å². The van der Waals surface area contributed by atoms with Crippen LogP contribution in [0.15, 0.2) is 283 Å². The number of aromatic carboxylic acids is 1. The number of aromatic nitrogens is 7. The molecule has 1 amide bonds. The summed E-state index contributed by atoms with van der Waals surface area (Å²) in [6, 6.07) is 73.7. The second-order valence-electron chi connectivity index (χ2n) is 34.8. The predicted octanol–water partition coefficient (Wildman–Crippen LogP) is 17.9. The Morgan fingerprint density at radius 1 is 0.382 bits per heavy atom. The van der Waals surface area contributed by atoms with E-state index in [2.05, 4.69) is 121 Å². The highest BCUT2D eigenvalue weighted by Crippen LogP contribution is 2.41. The van der Waals surface area contributed by atoms with Crippen molar-refractivity contribution in [3.63, 3.8) is 0 Å². The minimum atomic E-state index is -1.35. The van der Waals surface area contributed by atoms with Gasteiger partial charge >= 0.3 is 23.9 Å². The van der Waals surface area contributed by atoms with Gasteiger partial charge in [-0.3, -0.25) is 9.59 Å². The number of nitrogens with zero attached hydrogens (tertiary/aromatic N) is 13. The number of pyridine rings is 7. The predicted molar refractivity (Wildman–Crippen MR) is 519 cm³/mol. The Hall–Kier alpha value is -13.7. The van der Waals surface area contributed by atoms with Gasteiger partial charge in [-0.2, -0.15) is 0 Å². The summed E-state index contributed by atoms with van der Waals surface area (Å²) in [7, 11) is 0. The van der Waals surface area contributed by atoms with Gasteiger partial charge in [-0.15, -0.1) is 0 Å². The summed E-state index contributed by atoms with van der Waals surface area (Å²) in [5.41, 5.74) is 20.0. The summed E-state index contributed by atoms with van der Waals surface area (Å²) in [4.78, 5) is 111. The number of carboxylic acid groups (broad SMARTS) is 2. The monoisotopic (exact) mass is 1830 g/mol. The SMILES string of the molecule is CC(C)(C)OC(=O)[C@@H]1CCCN1c1ncccc1-c1ccccc1.CC(C)(C)OC(=O)[C@@H]1CCCN1c1ncccc1Br.NC(=O)[C@@H]1CCCN1c1ncccc1-c1ccccc1.NC[C@@H]1CCCN1c1ncccc1-c1ccccc1.O=C(O)[C@@H]1CCCN1c1ncccc1-c1ccccc1.O=C(O)c1cn(C[C@@H]2CCCN2c2ncccc2-c2ccccc2)cc(O)c1=O. The van der Waals surface area contributed by atoms with E-state index in [9.17, 15) is 44.1 Å². The third-order valence-electron chi connectivity index (χ3n) is 23.4. The number of hydrogen-bond acceptors (Lipinski definition) is 22. The number of benzene rings is 5. The maximum Gasteiger partial charge on any atom is 0.341 e. The zero-order valence-electron chi connectivity index (χ0n) is 75.0. The molecule has 12 aromatic rings. The first-order valence-electron chi connectivity index (χ1n) is 44.9. The van der Waals surface area contributed by atoms with Crippen molar-refractivity contribution in [2.45, 2.75) is 173 Å². The van der Waals surface area contributed by atoms with Crippen molar-refractivity contribution in [3.05, 3.63) is 294 Å². The normalized spacial score (nSPS) is 18.0. The first-order valence-corrected chi connectivity index (χ1v) is 45.7. The average Bonchev–Trinajstić information content (AvgIpc) is 1.76. The van der Waals surface area contributed by atoms with Gasteiger partial charge in [-0.05, 0) is 235 Å². The molecule has 13 heterocycles. The Balaban J connectivity index is 0.000000135. The van der Waals surface area contributed by atoms with E-state index in [0.717, 1.165) is 181 Å². The van der Waals surface area contributed by atoms with Crippen LogP contribution in [-0.4, -0.2) is 173 Å². The number of rotatable bonds is 19. The number of anilines is 6. The van der Waals surface area contributed by atoms with Crippen LogP contribution in [0.25, 0.3) is 55.6 Å². The lowest BCUT2D eigenvalue weighted by Crippen LogP contribution is -2.41. The van der Waals surface area contributed by atoms with Crippen LogP contribution in [0, 0.1) is 0 Å². The van der Waals surface area contributed by atoms with Gasteiger partial charge < -0.3 is 70.2 Å². The molecule has 0 unspecified atom stereocenters. The molecular weight excluding hydrogens is 1720 g/mol. The van der Waals surface area contributed by atoms with Crippen LogP contribution >= 0.6 is 15.9 Å². The summed E-state index contributed by atoms with van der Waals surface area (Å²) in [6.07, 6.45) is 24.4. The molecule has 7 N–H and O–H groups in total. The molecule has 6 aliphatic heterocycles. The Kier molecular flexibility index (Phi) is 32.7. The molecule has 0 saturated carbocycles. The van der Waals surface area contributed by atoms with Gasteiger partial charge in [0.15, 0.2) is 5.75 Å². The molecule has 0 bridgehead atoms. The lowest BCUT2D eigenvalue weighted by Gasteiger charge is -2.29. The number of esters is 2. The van der Waals surface area contributed by atoms with E-state index in [-0.39, 0.29) is 42.0 Å². The summed E-state index contributed by atoms with van der Waals surface area (Å²) in [5.74, 6) is 1.96. The van der Waals surface area contributed by atoms with Crippen LogP contribution in [0.3, 0.4) is 0 Å². The van der Waals surface area contributed by atoms with Crippen LogP contribution in [0.4, 0.5) is 34.9 Å². The number of nitrogens with two attached hydrogens (primary N) is 2. The Bertz CT molecular complexity index is 5750. The quantitative estimate of drug-likeness (QED) is 0.0470. The molecule has 0 radical (unpaired) electrons. The van der Waals surface area contributed by atoms with Gasteiger partial charge in [-0.25, -0.2) is 49.1 Å². The van der Waals surface area contributed by atoms with Gasteiger partial charge in [0.2, 0.25) is 11.3 Å². The number of carbonyl (C=O) groups is 5. The van der Waals surface area contributed by atoms with E-state index < -0.39 is 45.9 Å². The van der Waals surface area contributed by atoms with E-state index in [0.29, 0.717) is 25.6 Å². The topological polar surface area (TPSA) is 335 Å². The van der Waals surface area contributed by atoms with E-state index >= 15 is 0 Å². The number of carbonyl (C=O) groups excluding carboxylic acids is 3. The molecule has 6 fully saturated rings. The third kappa shape index (κ3) is 24.7. The van der Waals surface area contributed by atoms with Gasteiger partial charge in [0, 0.05) is 142 Å². The van der Waals surface area contributed by atoms with E-state index in [1.54, 1.807) is 35.6 Å². The fourth-order valence-corrected chi connectivity index (χ4v) is 18.1. The maximum atomic E-state index is 12.6. The first kappa shape index (κ1) is 94.9. The van der Waals surface area contributed by atoms with Crippen molar-refractivity contribution >= 4 is 80.6 Å². The molecule has 6 saturated heterocycles. The number of amides is 1. The highest BCUT2D eigenvalue weighted by Gasteiger charge is 2.40. The van der Waals surface area contributed by atoms with Gasteiger partial charge in [0.05, 0.1) is 4.47 Å². The van der Waals surface area contributed by atoms with Crippen LogP contribution in [0.5, 0.6) is 5.75 Å². The Morgan fingerprint density at radius 3 is 1.01 bits per heavy atom. The molecule has 0 aliphatic carbocycles. The molecule has 18 rings (SSSR count). The molecule has 5 aromatic carbocycles. The van der Waals surface area contributed by atoms with Crippen LogP contribution in [-0.2, 0) is 35.2 Å². The van der Waals surface area contributed by atoms with E-state index in [1.165, 1.54) is 36.4 Å². The summed E-state index contributed by atoms with van der Waals surface area (Å²) in [5, 5.41) is 28.4. The maximum absolute atomic E-state index is 12.6. The van der Waals surface area contributed by atoms with Crippen molar-refractivity contribution in [2.24, 2.45) is 11.5 Å². The first-order chi connectivity index (χ1) is 63.3. The highest BCUT2D eigenvalue weighted by atomic mass is 79.9. The minimum absolute atomic E-state index is 0.0657. The fraction of sp³-hybridized carbons (Fsp3) is 0.327. The number of carboxylic acids is 2. The lowest BCUT2D eigenvalue weighted by molar-refractivity contribution is -0.157. The molecular formula is C104H116BrN15O11. The van der Waals surface area contributed by atoms with Crippen molar-refractivity contribution in [1.82, 2.24) is 34.5 Å². The molecule has 680 valence electrons. The molecule has 131 heavy (non-hydrogen) atoms. The van der Waals surface area contributed by atoms with Crippen molar-refractivity contribution < 1.29 is 48.8 Å². The Morgan fingerprint density at radius 2 is 0.672 bits per heavy atom. The largest absolute Gasteiger partial charge is 0.503 e. The number of aromatic hydroxyl groups is 1. The van der Waals surface area contributed by atoms with E-state index in [4.69, 9.17) is 20.9 Å². The molecule has 6 atom stereocenters. The second kappa shape index (κ2) is 45.1. The van der Waals surface area contributed by atoms with Crippen LogP contribution < -0.4 is 46.3 Å². The summed E-state index contributed by atoms with van der Waals surface area (Å²) < 4.78 is 13.6. The fourth-order valence-electron chi connectivity index (χ4n) is 17.6. The van der Waals surface area contributed by atoms with Crippen LogP contribution in [0.2, 0.25) is 0 Å².